The van der Waals surface area contributed by atoms with E-state index < -0.39 is 5.97 Å². The molecule has 0 radical (unpaired) electrons. The highest BCUT2D eigenvalue weighted by Crippen LogP contribution is 2.36. The van der Waals surface area contributed by atoms with E-state index in [0.29, 0.717) is 28.6 Å². The van der Waals surface area contributed by atoms with E-state index in [1.54, 1.807) is 18.2 Å². The lowest BCUT2D eigenvalue weighted by molar-refractivity contribution is -0.119. The van der Waals surface area contributed by atoms with Crippen LogP contribution in [0.4, 0.5) is 5.69 Å². The fraction of sp³-hybridized carbons (Fsp3) is 0.550. The third kappa shape index (κ3) is 3.69. The number of rotatable bonds is 4. The van der Waals surface area contributed by atoms with Crippen molar-refractivity contribution in [3.8, 4) is 0 Å². The maximum Gasteiger partial charge on any atom is 0.394 e. The number of methoxy groups -OCH3 is 1. The van der Waals surface area contributed by atoms with Crippen LogP contribution in [0.2, 0.25) is 0 Å². The van der Waals surface area contributed by atoms with Crippen LogP contribution in [0.15, 0.2) is 22.6 Å². The van der Waals surface area contributed by atoms with Gasteiger partial charge >= 0.3 is 11.9 Å². The Bertz CT molecular complexity index is 841. The van der Waals surface area contributed by atoms with E-state index in [0.717, 1.165) is 13.0 Å². The number of aromatic nitrogens is 1. The summed E-state index contributed by atoms with van der Waals surface area (Å²) >= 11 is 0. The highest BCUT2D eigenvalue weighted by Gasteiger charge is 2.38. The Kier molecular flexibility index (Phi) is 5.11. The molecule has 1 saturated carbocycles. The van der Waals surface area contributed by atoms with Gasteiger partial charge in [0.25, 0.3) is 0 Å². The first-order valence-electron chi connectivity index (χ1n) is 9.69. The predicted octanol–water partition coefficient (Wildman–Crippen LogP) is 3.11. The summed E-state index contributed by atoms with van der Waals surface area (Å²) in [5, 5.41) is 6.38. The Hall–Kier alpha value is -2.41. The number of nitrogens with zero attached hydrogens (tertiary/aromatic N) is 1. The smallest absolute Gasteiger partial charge is 0.394 e. The molecule has 2 unspecified atom stereocenters. The molecule has 144 valence electrons. The maximum atomic E-state index is 12.9. The lowest BCUT2D eigenvalue weighted by Gasteiger charge is -2.30. The lowest BCUT2D eigenvalue weighted by Crippen LogP contribution is -2.42. The third-order valence-corrected chi connectivity index (χ3v) is 5.82. The van der Waals surface area contributed by atoms with E-state index in [1.165, 1.54) is 39.2 Å². The van der Waals surface area contributed by atoms with Crippen molar-refractivity contribution in [1.82, 2.24) is 10.3 Å². The van der Waals surface area contributed by atoms with Crippen molar-refractivity contribution >= 4 is 28.7 Å². The zero-order chi connectivity index (χ0) is 18.8. The van der Waals surface area contributed by atoms with E-state index >= 15 is 0 Å². The summed E-state index contributed by atoms with van der Waals surface area (Å²) in [6.45, 7) is 0.893. The van der Waals surface area contributed by atoms with Crippen molar-refractivity contribution < 1.29 is 18.7 Å². The number of benzene rings is 1. The second kappa shape index (κ2) is 7.68. The number of carbonyl (C=O) groups is 2. The monoisotopic (exact) mass is 371 g/mol. The first-order valence-corrected chi connectivity index (χ1v) is 9.69. The second-order valence-corrected chi connectivity index (χ2v) is 7.46. The minimum atomic E-state index is -0.623. The topological polar surface area (TPSA) is 93.5 Å². The number of carbonyl (C=O) groups excluding carboxylic acids is 2. The molecule has 2 atom stereocenters. The summed E-state index contributed by atoms with van der Waals surface area (Å²) in [7, 11) is 1.28. The molecule has 7 nitrogen and oxygen atoms in total. The Morgan fingerprint density at radius 1 is 1.22 bits per heavy atom. The van der Waals surface area contributed by atoms with Gasteiger partial charge in [0.15, 0.2) is 5.58 Å². The van der Waals surface area contributed by atoms with E-state index in [9.17, 15) is 9.59 Å². The third-order valence-electron chi connectivity index (χ3n) is 5.82. The highest BCUT2D eigenvalue weighted by atomic mass is 16.5. The molecule has 0 spiro atoms. The van der Waals surface area contributed by atoms with Crippen LogP contribution >= 0.6 is 0 Å². The minimum absolute atomic E-state index is 0.000824. The van der Waals surface area contributed by atoms with Gasteiger partial charge in [-0.1, -0.05) is 32.1 Å². The van der Waals surface area contributed by atoms with Crippen molar-refractivity contribution in [3.05, 3.63) is 24.1 Å². The summed E-state index contributed by atoms with van der Waals surface area (Å²) in [5.74, 6) is 0.337. The zero-order valence-electron chi connectivity index (χ0n) is 15.5. The summed E-state index contributed by atoms with van der Waals surface area (Å²) in [6.07, 6.45) is 7.41. The van der Waals surface area contributed by atoms with Crippen LogP contribution in [-0.2, 0) is 9.53 Å². The molecule has 4 rings (SSSR count). The van der Waals surface area contributed by atoms with Crippen molar-refractivity contribution in [2.24, 2.45) is 11.8 Å². The summed E-state index contributed by atoms with van der Waals surface area (Å²) < 4.78 is 9.99. The standard InChI is InChI=1S/C20H25N3O4/c1-26-20(25)19-23-15-11-13(7-8-16(15)27-19)22-18(24)17-14(9-10-21-17)12-5-3-2-4-6-12/h7-8,11-12,14,17,21H,2-6,9-10H2,1H3,(H,22,24). The van der Waals surface area contributed by atoms with Crippen molar-refractivity contribution in [1.29, 1.82) is 0 Å². The van der Waals surface area contributed by atoms with Gasteiger partial charge in [-0.2, -0.15) is 0 Å². The number of anilines is 1. The van der Waals surface area contributed by atoms with Gasteiger partial charge in [0.05, 0.1) is 13.2 Å². The number of amides is 1. The number of ether oxygens (including phenoxy) is 1. The number of oxazole rings is 1. The molecule has 2 aromatic rings. The first-order chi connectivity index (χ1) is 13.2. The average Bonchev–Trinajstić information content (AvgIpc) is 3.34. The Morgan fingerprint density at radius 2 is 2.04 bits per heavy atom. The molecule has 27 heavy (non-hydrogen) atoms. The van der Waals surface area contributed by atoms with Crippen LogP contribution in [0, 0.1) is 11.8 Å². The molecule has 1 saturated heterocycles. The average molecular weight is 371 g/mol. The van der Waals surface area contributed by atoms with Gasteiger partial charge in [0.2, 0.25) is 5.91 Å². The van der Waals surface area contributed by atoms with Gasteiger partial charge in [-0.05, 0) is 43.0 Å². The largest absolute Gasteiger partial charge is 0.462 e. The van der Waals surface area contributed by atoms with E-state index in [4.69, 9.17) is 4.42 Å². The lowest BCUT2D eigenvalue weighted by atomic mass is 9.76. The summed E-state index contributed by atoms with van der Waals surface area (Å²) in [5.41, 5.74) is 1.64. The number of hydrogen-bond donors (Lipinski definition) is 2. The van der Waals surface area contributed by atoms with Crippen LogP contribution in [0.1, 0.15) is 49.2 Å². The number of nitrogens with one attached hydrogen (secondary N) is 2. The van der Waals surface area contributed by atoms with Gasteiger partial charge in [-0.3, -0.25) is 4.79 Å². The Morgan fingerprint density at radius 3 is 2.81 bits per heavy atom. The normalized spacial score (nSPS) is 23.4. The van der Waals surface area contributed by atoms with Crippen LogP contribution in [-0.4, -0.2) is 36.6 Å². The molecule has 2 heterocycles. The highest BCUT2D eigenvalue weighted by molar-refractivity contribution is 5.97. The molecule has 1 aliphatic heterocycles. The van der Waals surface area contributed by atoms with E-state index in [1.807, 2.05) is 0 Å². The maximum absolute atomic E-state index is 12.9. The van der Waals surface area contributed by atoms with Gasteiger partial charge in [0.1, 0.15) is 5.52 Å². The molecule has 0 bridgehead atoms. The fourth-order valence-corrected chi connectivity index (χ4v) is 4.48. The van der Waals surface area contributed by atoms with E-state index in [-0.39, 0.29) is 17.8 Å². The number of esters is 1. The molecule has 2 fully saturated rings. The molecular weight excluding hydrogens is 346 g/mol. The first kappa shape index (κ1) is 18.0. The Labute approximate surface area is 157 Å². The van der Waals surface area contributed by atoms with Crippen LogP contribution in [0.5, 0.6) is 0 Å². The van der Waals surface area contributed by atoms with Gasteiger partial charge < -0.3 is 19.8 Å². The molecule has 1 amide bonds. The van der Waals surface area contributed by atoms with Gasteiger partial charge in [0, 0.05) is 5.69 Å². The summed E-state index contributed by atoms with van der Waals surface area (Å²) in [4.78, 5) is 28.6. The molecule has 7 heteroatoms. The van der Waals surface area contributed by atoms with Gasteiger partial charge in [-0.25, -0.2) is 9.78 Å². The SMILES string of the molecule is COC(=O)c1nc2cc(NC(=O)C3NCCC3C3CCCCC3)ccc2o1. The van der Waals surface area contributed by atoms with Crippen LogP contribution < -0.4 is 10.6 Å². The molecule has 1 aliphatic carbocycles. The van der Waals surface area contributed by atoms with Crippen molar-refractivity contribution in [2.45, 2.75) is 44.6 Å². The molecule has 1 aromatic carbocycles. The molecule has 2 aliphatic rings. The molecular formula is C20H25N3O4. The van der Waals surface area contributed by atoms with Crippen LogP contribution in [0.25, 0.3) is 11.1 Å². The quantitative estimate of drug-likeness (QED) is 0.802. The predicted molar refractivity (Wildman–Crippen MR) is 100 cm³/mol. The molecule has 1 aromatic heterocycles. The Balaban J connectivity index is 1.47. The van der Waals surface area contributed by atoms with Crippen LogP contribution in [0.3, 0.4) is 0 Å². The summed E-state index contributed by atoms with van der Waals surface area (Å²) in [6, 6.07) is 5.03. The minimum Gasteiger partial charge on any atom is -0.462 e. The van der Waals surface area contributed by atoms with Gasteiger partial charge in [-0.15, -0.1) is 0 Å². The molecule has 2 N–H and O–H groups in total. The fourth-order valence-electron chi connectivity index (χ4n) is 4.48. The second-order valence-electron chi connectivity index (χ2n) is 7.46. The van der Waals surface area contributed by atoms with Crippen molar-refractivity contribution in [2.75, 3.05) is 19.0 Å². The van der Waals surface area contributed by atoms with E-state index in [2.05, 4.69) is 20.4 Å². The zero-order valence-corrected chi connectivity index (χ0v) is 15.5. The number of fused-ring (bicyclic) bond motifs is 1. The van der Waals surface area contributed by atoms with Crippen molar-refractivity contribution in [3.63, 3.8) is 0 Å². The number of hydrogen-bond acceptors (Lipinski definition) is 6.